The van der Waals surface area contributed by atoms with Crippen molar-refractivity contribution in [1.29, 1.82) is 0 Å². The van der Waals surface area contributed by atoms with Crippen molar-refractivity contribution in [2.75, 3.05) is 43.1 Å². The number of aryl methyl sites for hydroxylation is 2. The van der Waals surface area contributed by atoms with E-state index in [1.54, 1.807) is 0 Å². The van der Waals surface area contributed by atoms with Gasteiger partial charge in [-0.3, -0.25) is 9.97 Å². The molecule has 1 N–H and O–H groups in total. The minimum Gasteiger partial charge on any atom is -0.491 e. The minimum absolute atomic E-state index is 0.230. The summed E-state index contributed by atoms with van der Waals surface area (Å²) in [7, 11) is 2.00. The second-order valence-corrected chi connectivity index (χ2v) is 13.6. The summed E-state index contributed by atoms with van der Waals surface area (Å²) in [6, 6.07) is 9.61. The molecule has 9 heteroatoms. The van der Waals surface area contributed by atoms with Crippen LogP contribution in [0.3, 0.4) is 0 Å². The largest absolute Gasteiger partial charge is 0.491 e. The Kier molecular flexibility index (Phi) is 9.92. The van der Waals surface area contributed by atoms with Crippen molar-refractivity contribution in [3.63, 3.8) is 0 Å². The summed E-state index contributed by atoms with van der Waals surface area (Å²) < 4.78 is 12.1. The number of hydrogen-bond acceptors (Lipinski definition) is 7. The summed E-state index contributed by atoms with van der Waals surface area (Å²) in [4.78, 5) is 26.5. The highest BCUT2D eigenvalue weighted by Gasteiger charge is 2.36. The molecule has 0 unspecified atom stereocenters. The lowest BCUT2D eigenvalue weighted by Gasteiger charge is -2.40. The quantitative estimate of drug-likeness (QED) is 0.253. The van der Waals surface area contributed by atoms with Crippen LogP contribution >= 0.6 is 11.6 Å². The number of aliphatic carboxylic acids is 1. The van der Waals surface area contributed by atoms with Gasteiger partial charge in [0.25, 0.3) is 0 Å². The molecule has 0 aliphatic carbocycles. The average molecular weight is 609 g/mol. The van der Waals surface area contributed by atoms with Crippen molar-refractivity contribution in [3.8, 4) is 17.0 Å². The number of nitrogens with zero attached hydrogens (tertiary/aromatic N) is 4. The van der Waals surface area contributed by atoms with E-state index in [-0.39, 0.29) is 5.41 Å². The van der Waals surface area contributed by atoms with E-state index in [2.05, 4.69) is 28.6 Å². The lowest BCUT2D eigenvalue weighted by molar-refractivity contribution is -0.160. The molecule has 4 rings (SSSR count). The Morgan fingerprint density at radius 3 is 2.40 bits per heavy atom. The van der Waals surface area contributed by atoms with Gasteiger partial charge >= 0.3 is 5.97 Å². The average Bonchev–Trinajstić information content (AvgIpc) is 2.92. The topological polar surface area (TPSA) is 88.0 Å². The van der Waals surface area contributed by atoms with Crippen molar-refractivity contribution in [1.82, 2.24) is 9.97 Å². The molecule has 2 aromatic heterocycles. The molecule has 232 valence electrons. The summed E-state index contributed by atoms with van der Waals surface area (Å²) in [5, 5.41) is 11.0. The van der Waals surface area contributed by atoms with E-state index in [0.29, 0.717) is 29.4 Å². The molecule has 3 aromatic rings. The SMILES string of the molecule is Cc1cc(Cl)ccc1OCCN(C)c1ccc(-c2cnc(C)c([C@H](OC(C)(C)C)C(=O)O)c2N2CCC(C)(C)CC2)nc1. The van der Waals surface area contributed by atoms with Crippen LogP contribution in [-0.2, 0) is 9.53 Å². The molecule has 0 radical (unpaired) electrons. The number of aromatic nitrogens is 2. The molecule has 1 fully saturated rings. The fourth-order valence-electron chi connectivity index (χ4n) is 5.34. The number of anilines is 2. The van der Waals surface area contributed by atoms with Crippen molar-refractivity contribution >= 4 is 28.9 Å². The third-order valence-corrected chi connectivity index (χ3v) is 8.20. The second kappa shape index (κ2) is 13.1. The van der Waals surface area contributed by atoms with Crippen LogP contribution in [0, 0.1) is 19.3 Å². The van der Waals surface area contributed by atoms with Crippen LogP contribution in [0.5, 0.6) is 5.75 Å². The van der Waals surface area contributed by atoms with Crippen molar-refractivity contribution in [2.24, 2.45) is 5.41 Å². The molecule has 3 heterocycles. The molecule has 1 aliphatic heterocycles. The Hall–Kier alpha value is -3.36. The fourth-order valence-corrected chi connectivity index (χ4v) is 5.57. The van der Waals surface area contributed by atoms with Gasteiger partial charge in [0.1, 0.15) is 12.4 Å². The van der Waals surface area contributed by atoms with E-state index >= 15 is 0 Å². The summed E-state index contributed by atoms with van der Waals surface area (Å²) in [5.74, 6) is -0.214. The van der Waals surface area contributed by atoms with Crippen molar-refractivity contribution < 1.29 is 19.4 Å². The Bertz CT molecular complexity index is 1430. The third kappa shape index (κ3) is 8.18. The Labute approximate surface area is 261 Å². The summed E-state index contributed by atoms with van der Waals surface area (Å²) in [5.41, 5.74) is 5.14. The first kappa shape index (κ1) is 32.6. The minimum atomic E-state index is -1.16. The Morgan fingerprint density at radius 2 is 1.81 bits per heavy atom. The summed E-state index contributed by atoms with van der Waals surface area (Å²) >= 11 is 6.06. The number of piperidine rings is 1. The molecule has 1 atom stereocenters. The first-order valence-corrected chi connectivity index (χ1v) is 15.2. The van der Waals surface area contributed by atoms with E-state index in [4.69, 9.17) is 26.1 Å². The van der Waals surface area contributed by atoms with Crippen molar-refractivity contribution in [2.45, 2.75) is 73.0 Å². The van der Waals surface area contributed by atoms with E-state index < -0.39 is 17.7 Å². The van der Waals surface area contributed by atoms with Gasteiger partial charge in [0, 0.05) is 48.2 Å². The van der Waals surface area contributed by atoms with E-state index in [0.717, 1.165) is 59.9 Å². The zero-order valence-corrected chi connectivity index (χ0v) is 27.5. The van der Waals surface area contributed by atoms with Gasteiger partial charge in [0.05, 0.1) is 35.4 Å². The van der Waals surface area contributed by atoms with Gasteiger partial charge in [0.15, 0.2) is 6.10 Å². The molecule has 1 aliphatic rings. The van der Waals surface area contributed by atoms with Crippen LogP contribution in [0.2, 0.25) is 5.02 Å². The Balaban J connectivity index is 1.64. The molecule has 0 spiro atoms. The number of likely N-dealkylation sites (N-methyl/N-ethyl adjacent to an activating group) is 1. The lowest BCUT2D eigenvalue weighted by Crippen LogP contribution is -2.39. The summed E-state index contributed by atoms with van der Waals surface area (Å²) in [6.07, 6.45) is 4.50. The van der Waals surface area contributed by atoms with Gasteiger partial charge < -0.3 is 24.4 Å². The van der Waals surface area contributed by atoms with Crippen LogP contribution < -0.4 is 14.5 Å². The van der Waals surface area contributed by atoms with Gasteiger partial charge in [0.2, 0.25) is 0 Å². The van der Waals surface area contributed by atoms with Crippen LogP contribution in [-0.4, -0.2) is 59.9 Å². The number of rotatable bonds is 10. The third-order valence-electron chi connectivity index (χ3n) is 7.96. The maximum Gasteiger partial charge on any atom is 0.337 e. The predicted molar refractivity (Wildman–Crippen MR) is 174 cm³/mol. The van der Waals surface area contributed by atoms with Crippen LogP contribution in [0.1, 0.15) is 70.4 Å². The number of hydrogen-bond donors (Lipinski definition) is 1. The van der Waals surface area contributed by atoms with Gasteiger partial charge in [-0.05, 0) is 88.8 Å². The standard InChI is InChI=1S/C34H45ClN4O4/c1-22-19-24(35)9-12-28(22)42-18-17-38(8)25-10-11-27(37-20-25)26-21-36-23(2)29(31(32(40)41)43-33(3,4)5)30(26)39-15-13-34(6,7)14-16-39/h9-12,19-21,31H,13-18H2,1-8H3,(H,40,41)/t31-/m0/s1. The normalized spacial score (nSPS) is 15.7. The smallest absolute Gasteiger partial charge is 0.337 e. The van der Waals surface area contributed by atoms with Gasteiger partial charge in [-0.25, -0.2) is 4.79 Å². The highest BCUT2D eigenvalue weighted by Crippen LogP contribution is 2.43. The first-order valence-electron chi connectivity index (χ1n) is 14.9. The first-order chi connectivity index (χ1) is 20.1. The maximum absolute atomic E-state index is 12.6. The van der Waals surface area contributed by atoms with E-state index in [1.807, 2.05) is 84.4 Å². The lowest BCUT2D eigenvalue weighted by atomic mass is 9.82. The number of ether oxygens (including phenoxy) is 2. The van der Waals surface area contributed by atoms with Crippen LogP contribution in [0.15, 0.2) is 42.7 Å². The fraction of sp³-hybridized carbons (Fsp3) is 0.500. The molecule has 0 amide bonds. The predicted octanol–water partition coefficient (Wildman–Crippen LogP) is 7.50. The monoisotopic (exact) mass is 608 g/mol. The van der Waals surface area contributed by atoms with E-state index in [1.165, 1.54) is 0 Å². The molecular formula is C34H45ClN4O4. The van der Waals surface area contributed by atoms with Crippen LogP contribution in [0.25, 0.3) is 11.3 Å². The summed E-state index contributed by atoms with van der Waals surface area (Å²) in [6.45, 7) is 16.8. The Morgan fingerprint density at radius 1 is 1.12 bits per heavy atom. The van der Waals surface area contributed by atoms with Gasteiger partial charge in [-0.15, -0.1) is 0 Å². The highest BCUT2D eigenvalue weighted by molar-refractivity contribution is 6.30. The molecule has 43 heavy (non-hydrogen) atoms. The molecule has 0 bridgehead atoms. The van der Waals surface area contributed by atoms with Crippen molar-refractivity contribution in [3.05, 3.63) is 64.6 Å². The number of benzene rings is 1. The van der Waals surface area contributed by atoms with Gasteiger partial charge in [-0.1, -0.05) is 25.4 Å². The molecular weight excluding hydrogens is 564 g/mol. The number of carboxylic acids is 1. The highest BCUT2D eigenvalue weighted by atomic mass is 35.5. The zero-order chi connectivity index (χ0) is 31.5. The number of carbonyl (C=O) groups is 1. The molecule has 1 aromatic carbocycles. The second-order valence-electron chi connectivity index (χ2n) is 13.2. The number of pyridine rings is 2. The number of carboxylic acid groups (broad SMARTS) is 1. The van der Waals surface area contributed by atoms with Crippen LogP contribution in [0.4, 0.5) is 11.4 Å². The molecule has 0 saturated carbocycles. The maximum atomic E-state index is 12.6. The van der Waals surface area contributed by atoms with Gasteiger partial charge in [-0.2, -0.15) is 0 Å². The number of halogens is 1. The molecule has 1 saturated heterocycles. The molecule has 8 nitrogen and oxygen atoms in total. The zero-order valence-electron chi connectivity index (χ0n) is 26.7. The van der Waals surface area contributed by atoms with E-state index in [9.17, 15) is 9.90 Å².